The van der Waals surface area contributed by atoms with Gasteiger partial charge in [0.05, 0.1) is 12.2 Å². The highest BCUT2D eigenvalue weighted by Crippen LogP contribution is 2.38. The molecule has 2 aliphatic rings. The lowest BCUT2D eigenvalue weighted by Gasteiger charge is -2.18. The number of ether oxygens (including phenoxy) is 1. The summed E-state index contributed by atoms with van der Waals surface area (Å²) in [5.74, 6) is 0.764. The van der Waals surface area contributed by atoms with Crippen LogP contribution in [0.3, 0.4) is 0 Å². The van der Waals surface area contributed by atoms with Gasteiger partial charge in [0.1, 0.15) is 0 Å². The van der Waals surface area contributed by atoms with Gasteiger partial charge in [0.25, 0.3) is 0 Å². The Morgan fingerprint density at radius 2 is 2.38 bits per heavy atom. The maximum atomic E-state index is 5.85. The summed E-state index contributed by atoms with van der Waals surface area (Å²) < 4.78 is 5.85. The molecule has 0 aromatic carbocycles. The number of aryl methyl sites for hydroxylation is 1. The summed E-state index contributed by atoms with van der Waals surface area (Å²) in [6.07, 6.45) is 5.00. The number of rotatable bonds is 4. The molecule has 16 heavy (non-hydrogen) atoms. The van der Waals surface area contributed by atoms with Gasteiger partial charge in [-0.1, -0.05) is 0 Å². The maximum absolute atomic E-state index is 5.85. The molecular weight excluding hydrogens is 218 g/mol. The SMILES string of the molecule is Cc1ccc(CNCC2CC3CCC2O3)s1. The van der Waals surface area contributed by atoms with Crippen molar-refractivity contribution in [1.82, 2.24) is 5.32 Å². The van der Waals surface area contributed by atoms with Crippen molar-refractivity contribution < 1.29 is 4.74 Å². The lowest BCUT2D eigenvalue weighted by atomic mass is 9.89. The molecule has 3 unspecified atom stereocenters. The van der Waals surface area contributed by atoms with E-state index in [2.05, 4.69) is 24.4 Å². The average Bonchev–Trinajstić information content (AvgIpc) is 2.94. The molecule has 3 atom stereocenters. The first-order valence-electron chi connectivity index (χ1n) is 6.23. The van der Waals surface area contributed by atoms with Crippen LogP contribution in [0.15, 0.2) is 12.1 Å². The van der Waals surface area contributed by atoms with Crippen molar-refractivity contribution in [1.29, 1.82) is 0 Å². The molecule has 0 amide bonds. The fourth-order valence-electron chi connectivity index (χ4n) is 2.92. The minimum Gasteiger partial charge on any atom is -0.375 e. The summed E-state index contributed by atoms with van der Waals surface area (Å²) in [6.45, 7) is 4.31. The third kappa shape index (κ3) is 2.17. The van der Waals surface area contributed by atoms with Gasteiger partial charge in [0.2, 0.25) is 0 Å². The molecule has 2 bridgehead atoms. The van der Waals surface area contributed by atoms with E-state index in [1.54, 1.807) is 0 Å². The molecule has 3 heterocycles. The lowest BCUT2D eigenvalue weighted by molar-refractivity contribution is 0.0924. The van der Waals surface area contributed by atoms with Crippen LogP contribution in [-0.2, 0) is 11.3 Å². The zero-order chi connectivity index (χ0) is 11.0. The molecule has 0 spiro atoms. The van der Waals surface area contributed by atoms with Gasteiger partial charge < -0.3 is 10.1 Å². The van der Waals surface area contributed by atoms with Crippen molar-refractivity contribution in [3.05, 3.63) is 21.9 Å². The van der Waals surface area contributed by atoms with Crippen LogP contribution in [0.2, 0.25) is 0 Å². The van der Waals surface area contributed by atoms with Crippen LogP contribution in [-0.4, -0.2) is 18.8 Å². The van der Waals surface area contributed by atoms with Gasteiger partial charge in [-0.25, -0.2) is 0 Å². The van der Waals surface area contributed by atoms with E-state index in [9.17, 15) is 0 Å². The van der Waals surface area contributed by atoms with Gasteiger partial charge in [0.15, 0.2) is 0 Å². The van der Waals surface area contributed by atoms with Crippen LogP contribution in [0.5, 0.6) is 0 Å². The van der Waals surface area contributed by atoms with Crippen molar-refractivity contribution in [3.8, 4) is 0 Å². The van der Waals surface area contributed by atoms with Crippen molar-refractivity contribution >= 4 is 11.3 Å². The second kappa shape index (κ2) is 4.47. The zero-order valence-electron chi connectivity index (χ0n) is 9.74. The summed E-state index contributed by atoms with van der Waals surface area (Å²) in [5.41, 5.74) is 0. The third-order valence-electron chi connectivity index (χ3n) is 3.73. The largest absolute Gasteiger partial charge is 0.375 e. The minimum absolute atomic E-state index is 0.558. The summed E-state index contributed by atoms with van der Waals surface area (Å²) in [5, 5.41) is 3.57. The van der Waals surface area contributed by atoms with Crippen molar-refractivity contribution in [3.63, 3.8) is 0 Å². The van der Waals surface area contributed by atoms with Crippen molar-refractivity contribution in [2.75, 3.05) is 6.54 Å². The Labute approximate surface area is 101 Å². The van der Waals surface area contributed by atoms with E-state index in [-0.39, 0.29) is 0 Å². The normalized spacial score (nSPS) is 32.4. The molecule has 2 aliphatic heterocycles. The topological polar surface area (TPSA) is 21.3 Å². The standard InChI is InChI=1S/C13H19NOS/c1-9-2-4-12(16-9)8-14-7-10-6-11-3-5-13(10)15-11/h2,4,10-11,13-14H,3,5-8H2,1H3. The summed E-state index contributed by atoms with van der Waals surface area (Å²) in [6, 6.07) is 4.42. The molecule has 0 aliphatic carbocycles. The van der Waals surface area contributed by atoms with Gasteiger partial charge in [-0.05, 0) is 38.3 Å². The number of thiophene rings is 1. The monoisotopic (exact) mass is 237 g/mol. The van der Waals surface area contributed by atoms with Crippen LogP contribution in [0, 0.1) is 12.8 Å². The molecule has 2 fully saturated rings. The first kappa shape index (κ1) is 10.8. The van der Waals surface area contributed by atoms with Gasteiger partial charge >= 0.3 is 0 Å². The second-order valence-corrected chi connectivity index (χ2v) is 6.39. The Hall–Kier alpha value is -0.380. The van der Waals surface area contributed by atoms with Crippen molar-refractivity contribution in [2.24, 2.45) is 5.92 Å². The first-order valence-corrected chi connectivity index (χ1v) is 7.04. The van der Waals surface area contributed by atoms with Crippen LogP contribution >= 0.6 is 11.3 Å². The molecule has 2 nitrogen and oxygen atoms in total. The van der Waals surface area contributed by atoms with Gasteiger partial charge in [-0.2, -0.15) is 0 Å². The molecular formula is C13H19NOS. The second-order valence-electron chi connectivity index (χ2n) is 5.01. The lowest BCUT2D eigenvalue weighted by Crippen LogP contribution is -2.28. The molecule has 0 saturated carbocycles. The average molecular weight is 237 g/mol. The quantitative estimate of drug-likeness (QED) is 0.869. The predicted molar refractivity (Wildman–Crippen MR) is 66.8 cm³/mol. The fourth-order valence-corrected chi connectivity index (χ4v) is 3.78. The van der Waals surface area contributed by atoms with E-state index >= 15 is 0 Å². The highest BCUT2D eigenvalue weighted by Gasteiger charge is 2.40. The van der Waals surface area contributed by atoms with Crippen LogP contribution in [0.25, 0.3) is 0 Å². The van der Waals surface area contributed by atoms with Gasteiger partial charge in [0, 0.05) is 28.8 Å². The van der Waals surface area contributed by atoms with E-state index in [1.165, 1.54) is 29.0 Å². The van der Waals surface area contributed by atoms with Crippen LogP contribution in [0.4, 0.5) is 0 Å². The predicted octanol–water partition coefficient (Wildman–Crippen LogP) is 2.71. The summed E-state index contributed by atoms with van der Waals surface area (Å²) >= 11 is 1.89. The zero-order valence-corrected chi connectivity index (χ0v) is 10.6. The summed E-state index contributed by atoms with van der Waals surface area (Å²) in [7, 11) is 0. The number of hydrogen-bond acceptors (Lipinski definition) is 3. The Balaban J connectivity index is 1.44. The highest BCUT2D eigenvalue weighted by atomic mass is 32.1. The van der Waals surface area contributed by atoms with Crippen LogP contribution in [0.1, 0.15) is 29.0 Å². The van der Waals surface area contributed by atoms with E-state index < -0.39 is 0 Å². The number of nitrogens with one attached hydrogen (secondary N) is 1. The Morgan fingerprint density at radius 1 is 1.44 bits per heavy atom. The fraction of sp³-hybridized carbons (Fsp3) is 0.692. The molecule has 0 radical (unpaired) electrons. The molecule has 3 heteroatoms. The highest BCUT2D eigenvalue weighted by molar-refractivity contribution is 7.11. The van der Waals surface area contributed by atoms with Gasteiger partial charge in [-0.3, -0.25) is 0 Å². The molecule has 2 saturated heterocycles. The molecule has 3 rings (SSSR count). The molecule has 1 aromatic heterocycles. The third-order valence-corrected chi connectivity index (χ3v) is 4.73. The van der Waals surface area contributed by atoms with Crippen molar-refractivity contribution in [2.45, 2.75) is 44.9 Å². The molecule has 1 N–H and O–H groups in total. The molecule has 88 valence electrons. The van der Waals surface area contributed by atoms with E-state index in [4.69, 9.17) is 4.74 Å². The van der Waals surface area contributed by atoms with Gasteiger partial charge in [-0.15, -0.1) is 11.3 Å². The smallest absolute Gasteiger partial charge is 0.0621 e. The maximum Gasteiger partial charge on any atom is 0.0621 e. The van der Waals surface area contributed by atoms with E-state index in [0.717, 1.165) is 19.0 Å². The van der Waals surface area contributed by atoms with E-state index in [1.807, 2.05) is 11.3 Å². The van der Waals surface area contributed by atoms with Crippen LogP contribution < -0.4 is 5.32 Å². The van der Waals surface area contributed by atoms with E-state index in [0.29, 0.717) is 12.2 Å². The Kier molecular flexibility index (Phi) is 3.01. The Morgan fingerprint density at radius 3 is 3.00 bits per heavy atom. The molecule has 1 aromatic rings. The minimum atomic E-state index is 0.558. The number of fused-ring (bicyclic) bond motifs is 2. The number of hydrogen-bond donors (Lipinski definition) is 1. The summed E-state index contributed by atoms with van der Waals surface area (Å²) in [4.78, 5) is 2.85. The first-order chi connectivity index (χ1) is 7.81. The Bertz CT molecular complexity index is 363.